The highest BCUT2D eigenvalue weighted by Gasteiger charge is 2.41. The number of amidine groups is 3. The van der Waals surface area contributed by atoms with E-state index in [1.165, 1.54) is 37.5 Å². The van der Waals surface area contributed by atoms with E-state index in [0.717, 1.165) is 11.2 Å². The molecule has 2 aliphatic heterocycles. The van der Waals surface area contributed by atoms with Crippen LogP contribution in [-0.2, 0) is 14.6 Å². The lowest BCUT2D eigenvalue weighted by atomic mass is 10.1. The highest BCUT2D eigenvalue weighted by Crippen LogP contribution is 2.31. The molecular weight excluding hydrogens is 504 g/mol. The van der Waals surface area contributed by atoms with Crippen LogP contribution in [0.15, 0.2) is 57.4 Å². The fourth-order valence-electron chi connectivity index (χ4n) is 3.00. The van der Waals surface area contributed by atoms with Gasteiger partial charge >= 0.3 is 5.97 Å². The highest BCUT2D eigenvalue weighted by atomic mass is 35.5. The topological polar surface area (TPSA) is 139 Å². The van der Waals surface area contributed by atoms with E-state index in [1.54, 1.807) is 18.2 Å². The largest absolute Gasteiger partial charge is 0.497 e. The zero-order valence-electron chi connectivity index (χ0n) is 17.6. The minimum atomic E-state index is -3.75. The first-order valence-corrected chi connectivity index (χ1v) is 12.5. The summed E-state index contributed by atoms with van der Waals surface area (Å²) < 4.78 is 38.2. The summed E-state index contributed by atoms with van der Waals surface area (Å²) in [5, 5.41) is 8.06. The summed E-state index contributed by atoms with van der Waals surface area (Å²) in [6.45, 7) is 0. The smallest absolute Gasteiger partial charge is 0.343 e. The molecule has 0 bridgehead atoms. The first-order valence-electron chi connectivity index (χ1n) is 9.43. The fraction of sp³-hybridized carbons (Fsp3) is 0.0952. The number of benzene rings is 2. The summed E-state index contributed by atoms with van der Waals surface area (Å²) in [5.41, 5.74) is 0.519. The Hall–Kier alpha value is -3.48. The number of carbonyl (C=O) groups excluding carboxylic acids is 2. The summed E-state index contributed by atoms with van der Waals surface area (Å²) in [6.07, 6.45) is 2.29. The zero-order chi connectivity index (χ0) is 24.6. The van der Waals surface area contributed by atoms with Crippen LogP contribution in [-0.4, -0.2) is 54.7 Å². The Morgan fingerprint density at radius 2 is 2.00 bits per heavy atom. The minimum absolute atomic E-state index is 0.00888. The Kier molecular flexibility index (Phi) is 6.30. The number of hydrogen-bond acceptors (Lipinski definition) is 9. The number of aliphatic imine (C=N–C) groups is 1. The molecule has 0 aromatic heterocycles. The predicted molar refractivity (Wildman–Crippen MR) is 129 cm³/mol. The van der Waals surface area contributed by atoms with Gasteiger partial charge in [-0.3, -0.25) is 10.2 Å². The molecule has 10 nitrogen and oxygen atoms in total. The summed E-state index contributed by atoms with van der Waals surface area (Å²) in [6, 6.07) is 10.8. The van der Waals surface area contributed by atoms with E-state index in [-0.39, 0.29) is 38.1 Å². The van der Waals surface area contributed by atoms with Crippen molar-refractivity contribution in [2.45, 2.75) is 0 Å². The normalized spacial score (nSPS) is 16.8. The van der Waals surface area contributed by atoms with Crippen molar-refractivity contribution in [1.82, 2.24) is 4.90 Å². The number of carbonyl (C=O) groups is 2. The number of methoxy groups -OCH3 is 1. The fourth-order valence-corrected chi connectivity index (χ4v) is 5.08. The Labute approximate surface area is 203 Å². The number of amides is 1. The van der Waals surface area contributed by atoms with Gasteiger partial charge in [-0.1, -0.05) is 23.7 Å². The van der Waals surface area contributed by atoms with Gasteiger partial charge in [0.05, 0.1) is 35.2 Å². The molecule has 2 aliphatic rings. The van der Waals surface area contributed by atoms with Crippen LogP contribution in [0.2, 0.25) is 5.02 Å². The maximum Gasteiger partial charge on any atom is 0.343 e. The molecule has 0 spiro atoms. The van der Waals surface area contributed by atoms with E-state index < -0.39 is 21.7 Å². The number of nitrogens with zero attached hydrogens (tertiary/aromatic N) is 3. The molecule has 0 saturated carbocycles. The van der Waals surface area contributed by atoms with Crippen LogP contribution in [0.25, 0.3) is 6.08 Å². The number of halogens is 1. The van der Waals surface area contributed by atoms with Crippen molar-refractivity contribution in [3.63, 3.8) is 0 Å². The second-order valence-electron chi connectivity index (χ2n) is 6.99. The van der Waals surface area contributed by atoms with Crippen molar-refractivity contribution in [2.24, 2.45) is 9.39 Å². The minimum Gasteiger partial charge on any atom is -0.497 e. The molecule has 2 aromatic carbocycles. The second kappa shape index (κ2) is 9.05. The molecular formula is C21H15ClN4O6S2. The van der Waals surface area contributed by atoms with Gasteiger partial charge in [0.15, 0.2) is 0 Å². The number of sulfone groups is 1. The van der Waals surface area contributed by atoms with E-state index in [9.17, 15) is 18.0 Å². The number of rotatable bonds is 4. The Morgan fingerprint density at radius 1 is 1.24 bits per heavy atom. The molecule has 1 amide bonds. The van der Waals surface area contributed by atoms with Gasteiger partial charge in [0.2, 0.25) is 20.2 Å². The SMILES string of the molecule is COc1cccc(C(=O)Oc2ccc(/C=C3/C(=N)N4C(=NC3=O)SN=C4S(C)(=O)=O)cc2Cl)c1. The molecule has 2 heterocycles. The highest BCUT2D eigenvalue weighted by molar-refractivity contribution is 8.16. The van der Waals surface area contributed by atoms with Crippen LogP contribution in [0, 0.1) is 5.41 Å². The molecule has 2 aromatic rings. The van der Waals surface area contributed by atoms with Gasteiger partial charge in [0.1, 0.15) is 17.3 Å². The Bertz CT molecular complexity index is 1450. The van der Waals surface area contributed by atoms with Crippen molar-refractivity contribution in [3.05, 3.63) is 64.2 Å². The van der Waals surface area contributed by atoms with E-state index >= 15 is 0 Å². The molecule has 4 rings (SSSR count). The van der Waals surface area contributed by atoms with E-state index in [0.29, 0.717) is 23.3 Å². The van der Waals surface area contributed by atoms with Gasteiger partial charge < -0.3 is 9.47 Å². The average Bonchev–Trinajstić information content (AvgIpc) is 3.23. The monoisotopic (exact) mass is 518 g/mol. The average molecular weight is 519 g/mol. The van der Waals surface area contributed by atoms with Gasteiger partial charge in [-0.15, -0.1) is 0 Å². The summed E-state index contributed by atoms with van der Waals surface area (Å²) >= 11 is 6.98. The van der Waals surface area contributed by atoms with Crippen molar-refractivity contribution >= 4 is 67.5 Å². The first kappa shape index (κ1) is 23.7. The number of ether oxygens (including phenoxy) is 2. The molecule has 13 heteroatoms. The van der Waals surface area contributed by atoms with Gasteiger partial charge in [-0.2, -0.15) is 9.39 Å². The van der Waals surface area contributed by atoms with E-state index in [2.05, 4.69) is 9.39 Å². The summed E-state index contributed by atoms with van der Waals surface area (Å²) in [7, 11) is -2.27. The van der Waals surface area contributed by atoms with Crippen LogP contribution in [0.1, 0.15) is 15.9 Å². The van der Waals surface area contributed by atoms with Crippen molar-refractivity contribution in [1.29, 1.82) is 5.41 Å². The predicted octanol–water partition coefficient (Wildman–Crippen LogP) is 3.19. The molecule has 0 aliphatic carbocycles. The number of esters is 1. The number of fused-ring (bicyclic) bond motifs is 1. The third kappa shape index (κ3) is 4.60. The van der Waals surface area contributed by atoms with Gasteiger partial charge in [-0.25, -0.2) is 18.1 Å². The third-order valence-electron chi connectivity index (χ3n) is 4.60. The molecule has 34 heavy (non-hydrogen) atoms. The lowest BCUT2D eigenvalue weighted by Gasteiger charge is -2.23. The molecule has 0 atom stereocenters. The standard InChI is InChI=1S/C21H15ClN4O6S2/c1-31-13-5-3-4-12(10-13)19(28)32-16-7-6-11(9-15(16)22)8-14-17(23)26-20(24-18(14)27)33-25-21(26)34(2,29)30/h3-10,23H,1-2H3/b14-8-,23-17?. The second-order valence-corrected chi connectivity index (χ2v) is 10.0. The summed E-state index contributed by atoms with van der Waals surface area (Å²) in [4.78, 5) is 29.7. The van der Waals surface area contributed by atoms with E-state index in [1.807, 2.05) is 0 Å². The molecule has 174 valence electrons. The molecule has 0 saturated heterocycles. The van der Waals surface area contributed by atoms with Crippen LogP contribution < -0.4 is 9.47 Å². The molecule has 0 unspecified atom stereocenters. The van der Waals surface area contributed by atoms with Crippen molar-refractivity contribution < 1.29 is 27.5 Å². The van der Waals surface area contributed by atoms with E-state index in [4.69, 9.17) is 26.5 Å². The van der Waals surface area contributed by atoms with Crippen molar-refractivity contribution in [2.75, 3.05) is 13.4 Å². The van der Waals surface area contributed by atoms with Crippen LogP contribution in [0.5, 0.6) is 11.5 Å². The molecule has 0 radical (unpaired) electrons. The maximum atomic E-state index is 12.5. The first-order chi connectivity index (χ1) is 16.1. The van der Waals surface area contributed by atoms with Crippen LogP contribution in [0.4, 0.5) is 0 Å². The van der Waals surface area contributed by atoms with Crippen molar-refractivity contribution in [3.8, 4) is 11.5 Å². The van der Waals surface area contributed by atoms with Gasteiger partial charge in [0.25, 0.3) is 5.91 Å². The molecule has 1 N–H and O–H groups in total. The number of hydrogen-bond donors (Lipinski definition) is 1. The summed E-state index contributed by atoms with van der Waals surface area (Å²) in [5.74, 6) is -1.16. The third-order valence-corrected chi connectivity index (χ3v) is 6.65. The Morgan fingerprint density at radius 3 is 2.68 bits per heavy atom. The molecule has 0 fully saturated rings. The maximum absolute atomic E-state index is 12.5. The van der Waals surface area contributed by atoms with Crippen LogP contribution >= 0.6 is 23.5 Å². The lowest BCUT2D eigenvalue weighted by Crippen LogP contribution is -2.45. The number of nitrogens with one attached hydrogen (secondary N) is 1. The van der Waals surface area contributed by atoms with Gasteiger partial charge in [-0.05, 0) is 42.0 Å². The van der Waals surface area contributed by atoms with Crippen LogP contribution in [0.3, 0.4) is 0 Å². The zero-order valence-corrected chi connectivity index (χ0v) is 20.0. The Balaban J connectivity index is 1.59. The quantitative estimate of drug-likeness (QED) is 0.282. The van der Waals surface area contributed by atoms with Gasteiger partial charge in [0, 0.05) is 6.26 Å². The lowest BCUT2D eigenvalue weighted by molar-refractivity contribution is -0.114.